The molecule has 0 atom stereocenters. The Labute approximate surface area is 197 Å². The highest BCUT2D eigenvalue weighted by atomic mass is 32.2. The predicted molar refractivity (Wildman–Crippen MR) is 132 cm³/mol. The van der Waals surface area contributed by atoms with E-state index in [-0.39, 0.29) is 25.3 Å². The number of thioether (sulfide) groups is 1. The van der Waals surface area contributed by atoms with E-state index in [4.69, 9.17) is 0 Å². The van der Waals surface area contributed by atoms with Crippen molar-refractivity contribution in [1.29, 1.82) is 0 Å². The Kier molecular flexibility index (Phi) is 6.98. The number of nitrogens with zero attached hydrogens (tertiary/aromatic N) is 2. The van der Waals surface area contributed by atoms with Crippen LogP contribution in [0.5, 0.6) is 0 Å². The average Bonchev–Trinajstić information content (AvgIpc) is 2.99. The third-order valence-corrected chi connectivity index (χ3v) is 6.70. The van der Waals surface area contributed by atoms with Gasteiger partial charge < -0.3 is 10.2 Å². The molecule has 3 aromatic rings. The zero-order chi connectivity index (χ0) is 23.4. The summed E-state index contributed by atoms with van der Waals surface area (Å²) >= 11 is 1.59. The van der Waals surface area contributed by atoms with Gasteiger partial charge in [-0.25, -0.2) is 13.8 Å². The lowest BCUT2D eigenvalue weighted by molar-refractivity contribution is -0.0102. The molecule has 1 aromatic heterocycles. The van der Waals surface area contributed by atoms with Crippen LogP contribution >= 0.6 is 11.8 Å². The standard InChI is InChI=1S/C26H27F2N3OS/c1-18-22(19-8-4-3-5-9-19)17-29-24(31-14-7-12-26(27,28)13-15-31)23(18)25(32)30-20-10-6-11-21(16-20)33-2/h3-6,8-11,16-17H,7,12-15H2,1-2H3,(H,30,32). The van der Waals surface area contributed by atoms with Crippen molar-refractivity contribution in [3.8, 4) is 11.1 Å². The molecule has 172 valence electrons. The number of hydrogen-bond donors (Lipinski definition) is 1. The van der Waals surface area contributed by atoms with E-state index in [1.807, 2.05) is 72.7 Å². The van der Waals surface area contributed by atoms with E-state index in [0.717, 1.165) is 21.6 Å². The maximum absolute atomic E-state index is 14.0. The summed E-state index contributed by atoms with van der Waals surface area (Å²) in [6, 6.07) is 17.4. The molecule has 1 amide bonds. The van der Waals surface area contributed by atoms with E-state index in [1.165, 1.54) is 0 Å². The maximum Gasteiger partial charge on any atom is 0.259 e. The van der Waals surface area contributed by atoms with E-state index in [0.29, 0.717) is 30.0 Å². The topological polar surface area (TPSA) is 45.2 Å². The Morgan fingerprint density at radius 1 is 1.09 bits per heavy atom. The Morgan fingerprint density at radius 3 is 2.64 bits per heavy atom. The van der Waals surface area contributed by atoms with Crippen molar-refractivity contribution in [1.82, 2.24) is 4.98 Å². The molecule has 0 spiro atoms. The molecular weight excluding hydrogens is 440 g/mol. The highest BCUT2D eigenvalue weighted by Crippen LogP contribution is 2.34. The van der Waals surface area contributed by atoms with Crippen LogP contribution in [-0.4, -0.2) is 36.2 Å². The van der Waals surface area contributed by atoms with Gasteiger partial charge in [0.1, 0.15) is 5.82 Å². The molecule has 0 saturated carbocycles. The van der Waals surface area contributed by atoms with Gasteiger partial charge in [-0.05, 0) is 48.9 Å². The molecule has 0 unspecified atom stereocenters. The first-order valence-corrected chi connectivity index (χ1v) is 12.2. The number of halogens is 2. The highest BCUT2D eigenvalue weighted by Gasteiger charge is 2.33. The first-order chi connectivity index (χ1) is 15.9. The molecule has 1 saturated heterocycles. The minimum absolute atomic E-state index is 0.145. The van der Waals surface area contributed by atoms with Crippen LogP contribution in [0.3, 0.4) is 0 Å². The number of pyridine rings is 1. The Morgan fingerprint density at radius 2 is 1.88 bits per heavy atom. The molecule has 0 bridgehead atoms. The van der Waals surface area contributed by atoms with Crippen molar-refractivity contribution < 1.29 is 13.6 Å². The molecule has 0 radical (unpaired) electrons. The normalized spacial score (nSPS) is 15.7. The number of hydrogen-bond acceptors (Lipinski definition) is 4. The van der Waals surface area contributed by atoms with Gasteiger partial charge in [-0.1, -0.05) is 36.4 Å². The number of benzene rings is 2. The maximum atomic E-state index is 14.0. The van der Waals surface area contributed by atoms with Crippen LogP contribution in [0.4, 0.5) is 20.3 Å². The zero-order valence-electron chi connectivity index (χ0n) is 18.8. The van der Waals surface area contributed by atoms with Crippen molar-refractivity contribution in [2.45, 2.75) is 37.0 Å². The third kappa shape index (κ3) is 5.36. The Bertz CT molecular complexity index is 1140. The van der Waals surface area contributed by atoms with Crippen LogP contribution in [0.25, 0.3) is 11.1 Å². The van der Waals surface area contributed by atoms with Gasteiger partial charge in [0.15, 0.2) is 0 Å². The lowest BCUT2D eigenvalue weighted by atomic mass is 9.97. The van der Waals surface area contributed by atoms with Gasteiger partial charge in [0.25, 0.3) is 5.91 Å². The summed E-state index contributed by atoms with van der Waals surface area (Å²) in [5.74, 6) is -2.51. The fourth-order valence-electron chi connectivity index (χ4n) is 4.18. The second kappa shape index (κ2) is 9.91. The van der Waals surface area contributed by atoms with E-state index < -0.39 is 5.92 Å². The largest absolute Gasteiger partial charge is 0.356 e. The predicted octanol–water partition coefficient (Wildman–Crippen LogP) is 6.66. The summed E-state index contributed by atoms with van der Waals surface area (Å²) in [6.07, 6.45) is 3.68. The zero-order valence-corrected chi connectivity index (χ0v) is 19.6. The molecule has 33 heavy (non-hydrogen) atoms. The van der Waals surface area contributed by atoms with Crippen LogP contribution in [0, 0.1) is 6.92 Å². The molecule has 1 aliphatic heterocycles. The summed E-state index contributed by atoms with van der Waals surface area (Å²) in [5.41, 5.74) is 3.69. The van der Waals surface area contributed by atoms with Crippen molar-refractivity contribution in [2.75, 3.05) is 29.6 Å². The van der Waals surface area contributed by atoms with E-state index in [1.54, 1.807) is 18.0 Å². The minimum Gasteiger partial charge on any atom is -0.356 e. The number of amides is 1. The summed E-state index contributed by atoms with van der Waals surface area (Å²) in [7, 11) is 0. The van der Waals surface area contributed by atoms with Gasteiger partial charge in [-0.15, -0.1) is 11.8 Å². The molecule has 1 aliphatic rings. The smallest absolute Gasteiger partial charge is 0.259 e. The number of anilines is 2. The molecule has 1 fully saturated rings. The van der Waals surface area contributed by atoms with Crippen LogP contribution in [0.1, 0.15) is 35.2 Å². The van der Waals surface area contributed by atoms with Crippen LogP contribution in [-0.2, 0) is 0 Å². The molecule has 7 heteroatoms. The van der Waals surface area contributed by atoms with Crippen molar-refractivity contribution in [2.24, 2.45) is 0 Å². The Balaban J connectivity index is 1.76. The first kappa shape index (κ1) is 23.2. The fraction of sp³-hybridized carbons (Fsp3) is 0.308. The molecule has 2 aromatic carbocycles. The van der Waals surface area contributed by atoms with Gasteiger partial charge >= 0.3 is 0 Å². The van der Waals surface area contributed by atoms with Gasteiger partial charge in [-0.2, -0.15) is 0 Å². The van der Waals surface area contributed by atoms with Crippen LogP contribution < -0.4 is 10.2 Å². The quantitative estimate of drug-likeness (QED) is 0.426. The van der Waals surface area contributed by atoms with Crippen LogP contribution in [0.15, 0.2) is 65.7 Å². The monoisotopic (exact) mass is 467 g/mol. The number of aromatic nitrogens is 1. The van der Waals surface area contributed by atoms with Crippen molar-refractivity contribution in [3.63, 3.8) is 0 Å². The van der Waals surface area contributed by atoms with Crippen molar-refractivity contribution in [3.05, 3.63) is 71.9 Å². The number of rotatable bonds is 5. The minimum atomic E-state index is -2.69. The second-order valence-electron chi connectivity index (χ2n) is 8.24. The fourth-order valence-corrected chi connectivity index (χ4v) is 4.64. The molecule has 4 rings (SSSR count). The molecule has 1 N–H and O–H groups in total. The second-order valence-corrected chi connectivity index (χ2v) is 9.12. The third-order valence-electron chi connectivity index (χ3n) is 5.98. The van der Waals surface area contributed by atoms with Crippen molar-refractivity contribution >= 4 is 29.2 Å². The summed E-state index contributed by atoms with van der Waals surface area (Å²) in [6.45, 7) is 2.49. The lowest BCUT2D eigenvalue weighted by Crippen LogP contribution is -2.30. The summed E-state index contributed by atoms with van der Waals surface area (Å²) in [4.78, 5) is 21.1. The summed E-state index contributed by atoms with van der Waals surface area (Å²) in [5, 5.41) is 3.00. The average molecular weight is 468 g/mol. The van der Waals surface area contributed by atoms with E-state index in [2.05, 4.69) is 10.3 Å². The molecular formula is C26H27F2N3OS. The highest BCUT2D eigenvalue weighted by molar-refractivity contribution is 7.98. The van der Waals surface area contributed by atoms with Crippen LogP contribution in [0.2, 0.25) is 0 Å². The number of carbonyl (C=O) groups is 1. The number of alkyl halides is 2. The lowest BCUT2D eigenvalue weighted by Gasteiger charge is -2.26. The van der Waals surface area contributed by atoms with Gasteiger partial charge in [0.2, 0.25) is 5.92 Å². The first-order valence-electron chi connectivity index (χ1n) is 11.0. The molecule has 4 nitrogen and oxygen atoms in total. The molecule has 0 aliphatic carbocycles. The van der Waals surface area contributed by atoms with Gasteiger partial charge in [0, 0.05) is 48.3 Å². The Hall–Kier alpha value is -2.93. The van der Waals surface area contributed by atoms with E-state index in [9.17, 15) is 13.6 Å². The molecule has 2 heterocycles. The number of nitrogens with one attached hydrogen (secondary N) is 1. The van der Waals surface area contributed by atoms with Gasteiger partial charge in [-0.3, -0.25) is 4.79 Å². The van der Waals surface area contributed by atoms with E-state index >= 15 is 0 Å². The number of carbonyl (C=O) groups excluding carboxylic acids is 1. The summed E-state index contributed by atoms with van der Waals surface area (Å²) < 4.78 is 28.0. The van der Waals surface area contributed by atoms with Gasteiger partial charge in [0.05, 0.1) is 5.56 Å². The SMILES string of the molecule is CSc1cccc(NC(=O)c2c(N3CCCC(F)(F)CC3)ncc(-c3ccccc3)c2C)c1.